The Balaban J connectivity index is 2.07. The molecule has 5 nitrogen and oxygen atoms in total. The van der Waals surface area contributed by atoms with E-state index >= 15 is 0 Å². The minimum Gasteiger partial charge on any atom is -0.497 e. The first-order valence-electron chi connectivity index (χ1n) is 5.64. The normalized spacial score (nSPS) is 11.9. The molecule has 0 saturated carbocycles. The molecule has 5 heteroatoms. The van der Waals surface area contributed by atoms with E-state index in [2.05, 4.69) is 15.5 Å². The molecule has 0 spiro atoms. The lowest BCUT2D eigenvalue weighted by molar-refractivity contribution is 0.0939. The summed E-state index contributed by atoms with van der Waals surface area (Å²) in [6.07, 6.45) is 3.45. The fourth-order valence-corrected chi connectivity index (χ4v) is 1.63. The van der Waals surface area contributed by atoms with Crippen molar-refractivity contribution in [3.8, 4) is 5.75 Å². The first-order valence-corrected chi connectivity index (χ1v) is 5.64. The van der Waals surface area contributed by atoms with Gasteiger partial charge in [0.05, 0.1) is 19.3 Å². The van der Waals surface area contributed by atoms with Crippen LogP contribution in [0.4, 0.5) is 0 Å². The van der Waals surface area contributed by atoms with Crippen molar-refractivity contribution in [2.24, 2.45) is 0 Å². The van der Waals surface area contributed by atoms with Gasteiger partial charge in [-0.25, -0.2) is 0 Å². The van der Waals surface area contributed by atoms with Gasteiger partial charge in [0, 0.05) is 17.3 Å². The van der Waals surface area contributed by atoms with E-state index in [1.807, 2.05) is 6.92 Å². The number of H-pyrrole nitrogens is 1. The highest BCUT2D eigenvalue weighted by atomic mass is 16.5. The van der Waals surface area contributed by atoms with E-state index in [0.717, 1.165) is 5.56 Å². The lowest BCUT2D eigenvalue weighted by Crippen LogP contribution is -2.26. The van der Waals surface area contributed by atoms with Crippen LogP contribution < -0.4 is 10.1 Å². The molecule has 18 heavy (non-hydrogen) atoms. The van der Waals surface area contributed by atoms with Crippen LogP contribution in [-0.4, -0.2) is 23.2 Å². The zero-order valence-corrected chi connectivity index (χ0v) is 10.3. The Morgan fingerprint density at radius 2 is 2.33 bits per heavy atom. The molecule has 0 aliphatic carbocycles. The molecule has 0 aliphatic rings. The van der Waals surface area contributed by atoms with E-state index in [1.54, 1.807) is 43.8 Å². The summed E-state index contributed by atoms with van der Waals surface area (Å²) in [5, 5.41) is 9.47. The number of aromatic nitrogens is 2. The van der Waals surface area contributed by atoms with Crippen LogP contribution in [0.25, 0.3) is 0 Å². The van der Waals surface area contributed by atoms with E-state index in [4.69, 9.17) is 4.74 Å². The minimum absolute atomic E-state index is 0.0950. The second-order valence-electron chi connectivity index (χ2n) is 3.96. The number of nitrogens with zero attached hydrogens (tertiary/aromatic N) is 1. The van der Waals surface area contributed by atoms with Gasteiger partial charge in [-0.1, -0.05) is 6.07 Å². The first kappa shape index (κ1) is 12.2. The highest BCUT2D eigenvalue weighted by Crippen LogP contribution is 2.14. The van der Waals surface area contributed by atoms with Gasteiger partial charge in [-0.05, 0) is 25.1 Å². The van der Waals surface area contributed by atoms with E-state index in [1.165, 1.54) is 0 Å². The fraction of sp³-hybridized carbons (Fsp3) is 0.231. The number of nitrogens with one attached hydrogen (secondary N) is 2. The standard InChI is InChI=1S/C13H15N3O2/c1-9(11-7-14-15-8-11)16-13(17)10-4-3-5-12(6-10)18-2/h3-9H,1-2H3,(H,14,15)(H,16,17). The third-order valence-electron chi connectivity index (χ3n) is 2.70. The highest BCUT2D eigenvalue weighted by molar-refractivity contribution is 5.94. The predicted molar refractivity (Wildman–Crippen MR) is 67.5 cm³/mol. The fourth-order valence-electron chi connectivity index (χ4n) is 1.63. The maximum absolute atomic E-state index is 12.0. The first-order chi connectivity index (χ1) is 8.70. The number of hydrogen-bond donors (Lipinski definition) is 2. The second-order valence-corrected chi connectivity index (χ2v) is 3.96. The summed E-state index contributed by atoms with van der Waals surface area (Å²) < 4.78 is 5.09. The Bertz CT molecular complexity index is 523. The molecule has 1 aromatic heterocycles. The zero-order chi connectivity index (χ0) is 13.0. The van der Waals surface area contributed by atoms with Gasteiger partial charge in [0.2, 0.25) is 0 Å². The smallest absolute Gasteiger partial charge is 0.251 e. The SMILES string of the molecule is COc1cccc(C(=O)NC(C)c2cn[nH]c2)c1. The van der Waals surface area contributed by atoms with E-state index in [0.29, 0.717) is 11.3 Å². The molecule has 2 rings (SSSR count). The summed E-state index contributed by atoms with van der Waals surface area (Å²) in [4.78, 5) is 12.0. The van der Waals surface area contributed by atoms with Crippen LogP contribution in [0.5, 0.6) is 5.75 Å². The zero-order valence-electron chi connectivity index (χ0n) is 10.3. The quantitative estimate of drug-likeness (QED) is 0.864. The Kier molecular flexibility index (Phi) is 3.62. The molecular weight excluding hydrogens is 230 g/mol. The molecule has 0 fully saturated rings. The summed E-state index contributed by atoms with van der Waals surface area (Å²) in [5.41, 5.74) is 1.51. The number of aromatic amines is 1. The van der Waals surface area contributed by atoms with E-state index < -0.39 is 0 Å². The van der Waals surface area contributed by atoms with Crippen molar-refractivity contribution in [1.29, 1.82) is 0 Å². The molecule has 2 N–H and O–H groups in total. The largest absolute Gasteiger partial charge is 0.497 e. The van der Waals surface area contributed by atoms with Crippen molar-refractivity contribution in [3.05, 3.63) is 47.8 Å². The molecule has 2 aromatic rings. The van der Waals surface area contributed by atoms with Crippen LogP contribution in [0, 0.1) is 0 Å². The van der Waals surface area contributed by atoms with Gasteiger partial charge in [-0.2, -0.15) is 5.10 Å². The molecule has 1 atom stereocenters. The van der Waals surface area contributed by atoms with Crippen molar-refractivity contribution in [3.63, 3.8) is 0 Å². The number of ether oxygens (including phenoxy) is 1. The number of methoxy groups -OCH3 is 1. The van der Waals surface area contributed by atoms with Crippen LogP contribution in [-0.2, 0) is 0 Å². The van der Waals surface area contributed by atoms with Crippen LogP contribution in [0.3, 0.4) is 0 Å². The van der Waals surface area contributed by atoms with E-state index in [-0.39, 0.29) is 11.9 Å². The van der Waals surface area contributed by atoms with Crippen LogP contribution in [0.2, 0.25) is 0 Å². The Labute approximate surface area is 105 Å². The summed E-state index contributed by atoms with van der Waals surface area (Å²) >= 11 is 0. The average molecular weight is 245 g/mol. The Morgan fingerprint density at radius 1 is 1.50 bits per heavy atom. The summed E-state index contributed by atoms with van der Waals surface area (Å²) in [6, 6.07) is 6.95. The maximum Gasteiger partial charge on any atom is 0.251 e. The van der Waals surface area contributed by atoms with Gasteiger partial charge >= 0.3 is 0 Å². The lowest BCUT2D eigenvalue weighted by Gasteiger charge is -2.12. The number of rotatable bonds is 4. The molecule has 1 unspecified atom stereocenters. The third kappa shape index (κ3) is 2.68. The van der Waals surface area contributed by atoms with Crippen LogP contribution >= 0.6 is 0 Å². The van der Waals surface area contributed by atoms with Crippen LogP contribution in [0.1, 0.15) is 28.9 Å². The topological polar surface area (TPSA) is 67.0 Å². The van der Waals surface area contributed by atoms with Gasteiger partial charge < -0.3 is 10.1 Å². The molecule has 0 bridgehead atoms. The molecular formula is C13H15N3O2. The van der Waals surface area contributed by atoms with Crippen molar-refractivity contribution < 1.29 is 9.53 Å². The second kappa shape index (κ2) is 5.35. The molecule has 1 aromatic carbocycles. The lowest BCUT2D eigenvalue weighted by atomic mass is 10.1. The van der Waals surface area contributed by atoms with Gasteiger partial charge in [0.25, 0.3) is 5.91 Å². The highest BCUT2D eigenvalue weighted by Gasteiger charge is 2.12. The Morgan fingerprint density at radius 3 is 3.00 bits per heavy atom. The summed E-state index contributed by atoms with van der Waals surface area (Å²) in [5.74, 6) is 0.529. The number of carbonyl (C=O) groups is 1. The van der Waals surface area contributed by atoms with Crippen molar-refractivity contribution in [2.45, 2.75) is 13.0 Å². The minimum atomic E-state index is -0.136. The van der Waals surface area contributed by atoms with Crippen molar-refractivity contribution in [1.82, 2.24) is 15.5 Å². The molecule has 0 radical (unpaired) electrons. The molecule has 1 amide bonds. The Hall–Kier alpha value is -2.30. The van der Waals surface area contributed by atoms with Gasteiger partial charge in [-0.3, -0.25) is 9.89 Å². The van der Waals surface area contributed by atoms with Crippen molar-refractivity contribution >= 4 is 5.91 Å². The number of carbonyl (C=O) groups excluding carboxylic acids is 1. The van der Waals surface area contributed by atoms with Crippen LogP contribution in [0.15, 0.2) is 36.7 Å². The summed E-state index contributed by atoms with van der Waals surface area (Å²) in [7, 11) is 1.57. The molecule has 0 saturated heterocycles. The average Bonchev–Trinajstić information content (AvgIpc) is 2.92. The summed E-state index contributed by atoms with van der Waals surface area (Å²) in [6.45, 7) is 1.91. The van der Waals surface area contributed by atoms with Gasteiger partial charge in [0.1, 0.15) is 5.75 Å². The molecule has 94 valence electrons. The maximum atomic E-state index is 12.0. The monoisotopic (exact) mass is 245 g/mol. The predicted octanol–water partition coefficient (Wildman–Crippen LogP) is 1.91. The van der Waals surface area contributed by atoms with Crippen molar-refractivity contribution in [2.75, 3.05) is 7.11 Å². The number of hydrogen-bond acceptors (Lipinski definition) is 3. The third-order valence-corrected chi connectivity index (χ3v) is 2.70. The number of benzene rings is 1. The molecule has 0 aliphatic heterocycles. The van der Waals surface area contributed by atoms with E-state index in [9.17, 15) is 4.79 Å². The van der Waals surface area contributed by atoms with Gasteiger partial charge in [-0.15, -0.1) is 0 Å². The molecule has 1 heterocycles. The number of amides is 1. The van der Waals surface area contributed by atoms with Gasteiger partial charge in [0.15, 0.2) is 0 Å².